The molecule has 0 N–H and O–H groups in total. The number of hydrogen-bond donors (Lipinski definition) is 0. The van der Waals surface area contributed by atoms with Crippen LogP contribution in [-0.2, 0) is 33.3 Å². The second-order valence-corrected chi connectivity index (χ2v) is 5.42. The summed E-state index contributed by atoms with van der Waals surface area (Å²) >= 11 is 0. The lowest BCUT2D eigenvalue weighted by atomic mass is 10.1. The molecule has 0 radical (unpaired) electrons. The molecule has 136 valence electrons. The van der Waals surface area contributed by atoms with Crippen LogP contribution < -0.4 is 4.74 Å². The first-order valence-corrected chi connectivity index (χ1v) is 7.71. The first kappa shape index (κ1) is 18.7. The maximum absolute atomic E-state index is 11.4. The Labute approximate surface area is 144 Å². The number of rotatable bonds is 6. The Morgan fingerprint density at radius 1 is 0.920 bits per heavy atom. The average molecular weight is 352 g/mol. The molecule has 2 rings (SSSR count). The standard InChI is InChI=1S/C17H20O8/c1-10(18)21-9-14-15(22-11(2)19)16(23-12(3)20)17(25-14)24-13-7-5-4-6-8-13/h4-8,14-17H,9H2,1-3H3/t14-,15-,16-,17+/m1/s1. The highest BCUT2D eigenvalue weighted by molar-refractivity contribution is 5.68. The fraction of sp³-hybridized carbons (Fsp3) is 0.471. The number of para-hydroxylation sites is 1. The second-order valence-electron chi connectivity index (χ2n) is 5.42. The van der Waals surface area contributed by atoms with Gasteiger partial charge < -0.3 is 23.7 Å². The summed E-state index contributed by atoms with van der Waals surface area (Å²) in [5, 5.41) is 0. The maximum atomic E-state index is 11.4. The van der Waals surface area contributed by atoms with E-state index in [4.69, 9.17) is 23.7 Å². The molecule has 1 aliphatic heterocycles. The molecule has 1 heterocycles. The Hall–Kier alpha value is -2.61. The van der Waals surface area contributed by atoms with Crippen LogP contribution in [0.25, 0.3) is 0 Å². The lowest BCUT2D eigenvalue weighted by Crippen LogP contribution is -2.42. The maximum Gasteiger partial charge on any atom is 0.303 e. The van der Waals surface area contributed by atoms with Gasteiger partial charge in [-0.2, -0.15) is 0 Å². The zero-order chi connectivity index (χ0) is 18.4. The van der Waals surface area contributed by atoms with E-state index in [-0.39, 0.29) is 6.61 Å². The van der Waals surface area contributed by atoms with E-state index in [0.717, 1.165) is 0 Å². The summed E-state index contributed by atoms with van der Waals surface area (Å²) in [4.78, 5) is 33.9. The Bertz CT molecular complexity index is 614. The fourth-order valence-electron chi connectivity index (χ4n) is 2.40. The largest absolute Gasteiger partial charge is 0.463 e. The van der Waals surface area contributed by atoms with Gasteiger partial charge in [0.15, 0.2) is 6.10 Å². The number of esters is 3. The Kier molecular flexibility index (Phi) is 6.35. The van der Waals surface area contributed by atoms with Gasteiger partial charge in [-0.1, -0.05) is 18.2 Å². The molecule has 1 saturated heterocycles. The summed E-state index contributed by atoms with van der Waals surface area (Å²) < 4.78 is 26.8. The molecule has 8 heteroatoms. The molecule has 0 aliphatic carbocycles. The smallest absolute Gasteiger partial charge is 0.303 e. The lowest BCUT2D eigenvalue weighted by Gasteiger charge is -2.23. The summed E-state index contributed by atoms with van der Waals surface area (Å²) in [6, 6.07) is 8.76. The van der Waals surface area contributed by atoms with Gasteiger partial charge in [-0.15, -0.1) is 0 Å². The van der Waals surface area contributed by atoms with E-state index in [1.807, 2.05) is 6.07 Å². The minimum atomic E-state index is -1.02. The third-order valence-electron chi connectivity index (χ3n) is 3.32. The highest BCUT2D eigenvalue weighted by Gasteiger charge is 2.51. The Balaban J connectivity index is 2.21. The van der Waals surface area contributed by atoms with Crippen LogP contribution in [0.2, 0.25) is 0 Å². The van der Waals surface area contributed by atoms with E-state index >= 15 is 0 Å². The third-order valence-corrected chi connectivity index (χ3v) is 3.32. The number of carbonyl (C=O) groups is 3. The predicted octanol–water partition coefficient (Wildman–Crippen LogP) is 1.22. The molecule has 1 aromatic rings. The van der Waals surface area contributed by atoms with E-state index in [1.165, 1.54) is 20.8 Å². The number of hydrogen-bond acceptors (Lipinski definition) is 8. The van der Waals surface area contributed by atoms with Crippen LogP contribution in [0.3, 0.4) is 0 Å². The Morgan fingerprint density at radius 3 is 2.08 bits per heavy atom. The van der Waals surface area contributed by atoms with Gasteiger partial charge in [-0.05, 0) is 12.1 Å². The first-order valence-electron chi connectivity index (χ1n) is 7.71. The van der Waals surface area contributed by atoms with Crippen LogP contribution in [0.5, 0.6) is 5.75 Å². The van der Waals surface area contributed by atoms with Crippen molar-refractivity contribution in [3.8, 4) is 5.75 Å². The van der Waals surface area contributed by atoms with Crippen LogP contribution >= 0.6 is 0 Å². The Morgan fingerprint density at radius 2 is 1.52 bits per heavy atom. The molecule has 0 aromatic heterocycles. The molecular formula is C17H20O8. The van der Waals surface area contributed by atoms with Gasteiger partial charge in [0.05, 0.1) is 0 Å². The minimum absolute atomic E-state index is 0.167. The van der Waals surface area contributed by atoms with E-state index < -0.39 is 42.5 Å². The first-order chi connectivity index (χ1) is 11.9. The zero-order valence-corrected chi connectivity index (χ0v) is 14.2. The monoisotopic (exact) mass is 352 g/mol. The van der Waals surface area contributed by atoms with Crippen LogP contribution in [-0.4, -0.2) is 49.1 Å². The van der Waals surface area contributed by atoms with Crippen molar-refractivity contribution in [1.82, 2.24) is 0 Å². The molecule has 0 bridgehead atoms. The van der Waals surface area contributed by atoms with Crippen molar-refractivity contribution in [2.45, 2.75) is 45.4 Å². The van der Waals surface area contributed by atoms with Gasteiger partial charge in [-0.25, -0.2) is 0 Å². The van der Waals surface area contributed by atoms with E-state index in [2.05, 4.69) is 0 Å². The van der Waals surface area contributed by atoms with Crippen molar-refractivity contribution in [2.75, 3.05) is 6.61 Å². The highest BCUT2D eigenvalue weighted by Crippen LogP contribution is 2.29. The summed E-state index contributed by atoms with van der Waals surface area (Å²) in [6.45, 7) is 3.53. The van der Waals surface area contributed by atoms with E-state index in [1.54, 1.807) is 24.3 Å². The van der Waals surface area contributed by atoms with E-state index in [9.17, 15) is 14.4 Å². The molecule has 8 nitrogen and oxygen atoms in total. The average Bonchev–Trinajstić information content (AvgIpc) is 2.82. The van der Waals surface area contributed by atoms with Crippen molar-refractivity contribution < 1.29 is 38.1 Å². The van der Waals surface area contributed by atoms with Gasteiger partial charge in [0.1, 0.15) is 18.5 Å². The molecule has 25 heavy (non-hydrogen) atoms. The van der Waals surface area contributed by atoms with Crippen molar-refractivity contribution in [1.29, 1.82) is 0 Å². The number of ether oxygens (including phenoxy) is 5. The SMILES string of the molecule is CC(=O)OC[C@H]1O[C@H](Oc2ccccc2)[C@H](OC(C)=O)[C@@H]1OC(C)=O. The molecule has 0 unspecified atom stereocenters. The van der Waals surface area contributed by atoms with Crippen molar-refractivity contribution in [3.63, 3.8) is 0 Å². The van der Waals surface area contributed by atoms with Crippen LogP contribution in [0, 0.1) is 0 Å². The van der Waals surface area contributed by atoms with Gasteiger partial charge in [-0.3, -0.25) is 14.4 Å². The van der Waals surface area contributed by atoms with Gasteiger partial charge in [0, 0.05) is 20.8 Å². The summed E-state index contributed by atoms with van der Waals surface area (Å²) in [5.74, 6) is -1.19. The van der Waals surface area contributed by atoms with Gasteiger partial charge in [0.2, 0.25) is 12.4 Å². The molecular weight excluding hydrogens is 332 g/mol. The molecule has 1 aromatic carbocycles. The van der Waals surface area contributed by atoms with Crippen molar-refractivity contribution >= 4 is 17.9 Å². The quantitative estimate of drug-likeness (QED) is 0.557. The van der Waals surface area contributed by atoms with Crippen molar-refractivity contribution in [3.05, 3.63) is 30.3 Å². The molecule has 1 fully saturated rings. The van der Waals surface area contributed by atoms with E-state index in [0.29, 0.717) is 5.75 Å². The molecule has 4 atom stereocenters. The highest BCUT2D eigenvalue weighted by atomic mass is 16.7. The summed E-state index contributed by atoms with van der Waals surface area (Å²) in [5.41, 5.74) is 0. The third kappa shape index (κ3) is 5.46. The summed E-state index contributed by atoms with van der Waals surface area (Å²) in [6.07, 6.45) is -3.81. The number of benzene rings is 1. The molecule has 0 saturated carbocycles. The van der Waals surface area contributed by atoms with Crippen LogP contribution in [0.1, 0.15) is 20.8 Å². The molecule has 0 amide bonds. The van der Waals surface area contributed by atoms with Gasteiger partial charge >= 0.3 is 17.9 Å². The minimum Gasteiger partial charge on any atom is -0.463 e. The van der Waals surface area contributed by atoms with Gasteiger partial charge in [0.25, 0.3) is 0 Å². The molecule has 1 aliphatic rings. The normalized spacial score (nSPS) is 25.1. The predicted molar refractivity (Wildman–Crippen MR) is 83.5 cm³/mol. The van der Waals surface area contributed by atoms with Crippen LogP contribution in [0.15, 0.2) is 30.3 Å². The van der Waals surface area contributed by atoms with Crippen LogP contribution in [0.4, 0.5) is 0 Å². The molecule has 0 spiro atoms. The zero-order valence-electron chi connectivity index (χ0n) is 14.2. The lowest BCUT2D eigenvalue weighted by molar-refractivity contribution is -0.170. The topological polar surface area (TPSA) is 97.4 Å². The second kappa shape index (κ2) is 8.48. The van der Waals surface area contributed by atoms with Crippen molar-refractivity contribution in [2.24, 2.45) is 0 Å². The fourth-order valence-corrected chi connectivity index (χ4v) is 2.40. The number of carbonyl (C=O) groups excluding carboxylic acids is 3. The summed E-state index contributed by atoms with van der Waals surface area (Å²) in [7, 11) is 0.